The van der Waals surface area contributed by atoms with Gasteiger partial charge in [0, 0.05) is 12.3 Å². The van der Waals surface area contributed by atoms with E-state index in [1.807, 2.05) is 13.8 Å². The quantitative estimate of drug-likeness (QED) is 0.718. The van der Waals surface area contributed by atoms with Crippen LogP contribution in [0.25, 0.3) is 0 Å². The van der Waals surface area contributed by atoms with Crippen molar-refractivity contribution in [2.75, 3.05) is 0 Å². The fourth-order valence-corrected chi connectivity index (χ4v) is 2.47. The smallest absolute Gasteiger partial charge is 0.135 e. The van der Waals surface area contributed by atoms with E-state index < -0.39 is 0 Å². The fraction of sp³-hybridized carbons (Fsp3) is 0.923. The van der Waals surface area contributed by atoms with Crippen molar-refractivity contribution in [1.29, 1.82) is 0 Å². The van der Waals surface area contributed by atoms with Gasteiger partial charge in [-0.3, -0.25) is 4.79 Å². The highest BCUT2D eigenvalue weighted by molar-refractivity contribution is 5.80. The molecule has 1 saturated heterocycles. The molecule has 1 heterocycles. The van der Waals surface area contributed by atoms with E-state index in [1.165, 1.54) is 0 Å². The Kier molecular flexibility index (Phi) is 3.30. The maximum Gasteiger partial charge on any atom is 0.135 e. The Hall–Kier alpha value is -0.370. The molecule has 1 aliphatic heterocycles. The van der Waals surface area contributed by atoms with Gasteiger partial charge in [-0.2, -0.15) is 0 Å². The number of ketones is 1. The first-order valence-electron chi connectivity index (χ1n) is 5.87. The van der Waals surface area contributed by atoms with Crippen molar-refractivity contribution in [1.82, 2.24) is 0 Å². The van der Waals surface area contributed by atoms with Gasteiger partial charge in [0.2, 0.25) is 0 Å². The Balaban J connectivity index is 2.67. The highest BCUT2D eigenvalue weighted by atomic mass is 16.5. The molecule has 1 rings (SSSR count). The van der Waals surface area contributed by atoms with Crippen LogP contribution in [0.5, 0.6) is 0 Å². The molecule has 88 valence electrons. The molecule has 0 amide bonds. The van der Waals surface area contributed by atoms with E-state index in [4.69, 9.17) is 4.74 Å². The molecule has 1 aliphatic rings. The van der Waals surface area contributed by atoms with Gasteiger partial charge in [-0.1, -0.05) is 13.8 Å². The third kappa shape index (κ3) is 3.04. The summed E-state index contributed by atoms with van der Waals surface area (Å²) in [4.78, 5) is 11.7. The summed E-state index contributed by atoms with van der Waals surface area (Å²) >= 11 is 0. The van der Waals surface area contributed by atoms with Crippen molar-refractivity contribution < 1.29 is 9.53 Å². The summed E-state index contributed by atoms with van der Waals surface area (Å²) in [5.74, 6) is 0.862. The molecule has 0 N–H and O–H groups in total. The number of hydrogen-bond acceptors (Lipinski definition) is 2. The van der Waals surface area contributed by atoms with E-state index in [0.717, 1.165) is 6.42 Å². The van der Waals surface area contributed by atoms with Gasteiger partial charge in [0.25, 0.3) is 0 Å². The van der Waals surface area contributed by atoms with E-state index >= 15 is 0 Å². The molecule has 0 saturated carbocycles. The van der Waals surface area contributed by atoms with Crippen LogP contribution in [-0.4, -0.2) is 17.0 Å². The molecular formula is C13H24O2. The maximum absolute atomic E-state index is 11.7. The molecule has 2 nitrogen and oxygen atoms in total. The monoisotopic (exact) mass is 212 g/mol. The second-order valence-electron chi connectivity index (χ2n) is 6.19. The third-order valence-corrected chi connectivity index (χ3v) is 3.35. The lowest BCUT2D eigenvalue weighted by Crippen LogP contribution is -2.31. The van der Waals surface area contributed by atoms with Gasteiger partial charge in [0.15, 0.2) is 0 Å². The summed E-state index contributed by atoms with van der Waals surface area (Å²) in [6, 6.07) is 0. The lowest BCUT2D eigenvalue weighted by Gasteiger charge is -2.27. The summed E-state index contributed by atoms with van der Waals surface area (Å²) in [6.45, 7) is 12.3. The first kappa shape index (κ1) is 12.7. The van der Waals surface area contributed by atoms with Gasteiger partial charge in [0.05, 0.1) is 11.2 Å². The second kappa shape index (κ2) is 3.89. The van der Waals surface area contributed by atoms with Gasteiger partial charge in [-0.15, -0.1) is 0 Å². The SMILES string of the molecule is CC(C)C(=O)CC1CC(C)(C)OC1(C)C. The third-order valence-electron chi connectivity index (χ3n) is 3.35. The molecule has 0 aromatic heterocycles. The summed E-state index contributed by atoms with van der Waals surface area (Å²) in [5, 5.41) is 0. The zero-order chi connectivity index (χ0) is 11.9. The van der Waals surface area contributed by atoms with Crippen LogP contribution in [0, 0.1) is 11.8 Å². The molecule has 1 atom stereocenters. The van der Waals surface area contributed by atoms with E-state index in [1.54, 1.807) is 0 Å². The maximum atomic E-state index is 11.7. The van der Waals surface area contributed by atoms with E-state index in [0.29, 0.717) is 18.1 Å². The second-order valence-corrected chi connectivity index (χ2v) is 6.19. The van der Waals surface area contributed by atoms with Crippen LogP contribution in [-0.2, 0) is 9.53 Å². The Bertz CT molecular complexity index is 251. The summed E-state index contributed by atoms with van der Waals surface area (Å²) in [6.07, 6.45) is 1.65. The number of rotatable bonds is 3. The molecule has 0 aromatic rings. The summed E-state index contributed by atoms with van der Waals surface area (Å²) < 4.78 is 5.98. The van der Waals surface area contributed by atoms with E-state index in [9.17, 15) is 4.79 Å². The standard InChI is InChI=1S/C13H24O2/c1-9(2)11(14)7-10-8-12(3,4)15-13(10,5)6/h9-10H,7-8H2,1-6H3. The largest absolute Gasteiger partial charge is 0.369 e. The zero-order valence-electron chi connectivity index (χ0n) is 10.9. The lowest BCUT2D eigenvalue weighted by molar-refractivity contribution is -0.125. The molecular weight excluding hydrogens is 188 g/mol. The van der Waals surface area contributed by atoms with Gasteiger partial charge in [-0.25, -0.2) is 0 Å². The number of carbonyl (C=O) groups excluding carboxylic acids is 1. The summed E-state index contributed by atoms with van der Waals surface area (Å²) in [7, 11) is 0. The number of hydrogen-bond donors (Lipinski definition) is 0. The van der Waals surface area contributed by atoms with E-state index in [-0.39, 0.29) is 17.1 Å². The minimum Gasteiger partial charge on any atom is -0.369 e. The molecule has 1 fully saturated rings. The normalized spacial score (nSPS) is 28.3. The zero-order valence-corrected chi connectivity index (χ0v) is 10.9. The fourth-order valence-electron chi connectivity index (χ4n) is 2.47. The van der Waals surface area contributed by atoms with Crippen molar-refractivity contribution >= 4 is 5.78 Å². The summed E-state index contributed by atoms with van der Waals surface area (Å²) in [5.41, 5.74) is -0.237. The number of carbonyl (C=O) groups is 1. The van der Waals surface area contributed by atoms with Crippen molar-refractivity contribution in [3.63, 3.8) is 0 Å². The average molecular weight is 212 g/mol. The first-order chi connectivity index (χ1) is 6.64. The Labute approximate surface area is 93.4 Å². The molecule has 0 aliphatic carbocycles. The van der Waals surface area contributed by atoms with Crippen LogP contribution in [0.4, 0.5) is 0 Å². The molecule has 2 heteroatoms. The van der Waals surface area contributed by atoms with Crippen LogP contribution >= 0.6 is 0 Å². The van der Waals surface area contributed by atoms with Crippen molar-refractivity contribution in [3.8, 4) is 0 Å². The lowest BCUT2D eigenvalue weighted by atomic mass is 9.82. The highest BCUT2D eigenvalue weighted by Gasteiger charge is 2.46. The van der Waals surface area contributed by atoms with Gasteiger partial charge in [-0.05, 0) is 40.0 Å². The van der Waals surface area contributed by atoms with E-state index in [2.05, 4.69) is 27.7 Å². The van der Waals surface area contributed by atoms with Crippen LogP contribution in [0.2, 0.25) is 0 Å². The Morgan fingerprint density at radius 2 is 1.87 bits per heavy atom. The van der Waals surface area contributed by atoms with Crippen molar-refractivity contribution in [3.05, 3.63) is 0 Å². The Morgan fingerprint density at radius 1 is 1.33 bits per heavy atom. The molecule has 15 heavy (non-hydrogen) atoms. The highest BCUT2D eigenvalue weighted by Crippen LogP contribution is 2.43. The van der Waals surface area contributed by atoms with Gasteiger partial charge < -0.3 is 4.74 Å². The Morgan fingerprint density at radius 3 is 2.20 bits per heavy atom. The molecule has 0 bridgehead atoms. The number of ether oxygens (including phenoxy) is 1. The predicted molar refractivity (Wildman–Crippen MR) is 61.8 cm³/mol. The van der Waals surface area contributed by atoms with Crippen LogP contribution in [0.1, 0.15) is 54.4 Å². The molecule has 0 aromatic carbocycles. The van der Waals surface area contributed by atoms with Gasteiger partial charge in [0.1, 0.15) is 5.78 Å². The molecule has 0 radical (unpaired) electrons. The van der Waals surface area contributed by atoms with Crippen LogP contribution in [0.3, 0.4) is 0 Å². The molecule has 0 spiro atoms. The van der Waals surface area contributed by atoms with Crippen molar-refractivity contribution in [2.45, 2.75) is 65.6 Å². The predicted octanol–water partition coefficient (Wildman–Crippen LogP) is 3.20. The minimum atomic E-state index is -0.159. The first-order valence-corrected chi connectivity index (χ1v) is 5.87. The van der Waals surface area contributed by atoms with Crippen LogP contribution in [0.15, 0.2) is 0 Å². The molecule has 1 unspecified atom stereocenters. The average Bonchev–Trinajstić information content (AvgIpc) is 2.18. The van der Waals surface area contributed by atoms with Crippen LogP contribution < -0.4 is 0 Å². The topological polar surface area (TPSA) is 26.3 Å². The van der Waals surface area contributed by atoms with Crippen molar-refractivity contribution in [2.24, 2.45) is 11.8 Å². The van der Waals surface area contributed by atoms with Gasteiger partial charge >= 0.3 is 0 Å². The minimum absolute atomic E-state index is 0.0780. The number of Topliss-reactive ketones (excluding diaryl/α,β-unsaturated/α-hetero) is 1.